The number of hydrogen-bond donors (Lipinski definition) is 0. The largest absolute Gasteiger partial charge is 0.493 e. The quantitative estimate of drug-likeness (QED) is 0.684. The van der Waals surface area contributed by atoms with Crippen LogP contribution in [0.25, 0.3) is 0 Å². The molecule has 0 saturated carbocycles. The fourth-order valence-corrected chi connectivity index (χ4v) is 3.13. The van der Waals surface area contributed by atoms with Gasteiger partial charge in [-0.1, -0.05) is 0 Å². The monoisotopic (exact) mass is 401 g/mol. The average molecular weight is 401 g/mol. The second-order valence-electron chi connectivity index (χ2n) is 6.15. The highest BCUT2D eigenvalue weighted by Crippen LogP contribution is 2.36. The first-order valence-electron chi connectivity index (χ1n) is 8.35. The lowest BCUT2D eigenvalue weighted by Crippen LogP contribution is -2.35. The van der Waals surface area contributed by atoms with E-state index in [9.17, 15) is 26.7 Å². The highest BCUT2D eigenvalue weighted by atomic mass is 19.4. The van der Waals surface area contributed by atoms with Crippen molar-refractivity contribution in [2.45, 2.75) is 25.6 Å². The predicted molar refractivity (Wildman–Crippen MR) is 91.1 cm³/mol. The average Bonchev–Trinajstić information content (AvgIpc) is 2.65. The van der Waals surface area contributed by atoms with Crippen LogP contribution in [0.2, 0.25) is 0 Å². The highest BCUT2D eigenvalue weighted by molar-refractivity contribution is 6.07. The summed E-state index contributed by atoms with van der Waals surface area (Å²) in [6.45, 7) is -2.72. The first-order chi connectivity index (χ1) is 13.2. The Morgan fingerprint density at radius 1 is 1.11 bits per heavy atom. The fourth-order valence-electron chi connectivity index (χ4n) is 3.13. The molecule has 4 nitrogen and oxygen atoms in total. The zero-order valence-corrected chi connectivity index (χ0v) is 14.7. The van der Waals surface area contributed by atoms with Crippen molar-refractivity contribution >= 4 is 11.6 Å². The molecule has 0 radical (unpaired) electrons. The summed E-state index contributed by atoms with van der Waals surface area (Å²) in [7, 11) is 1.25. The molecule has 2 aromatic carbocycles. The lowest BCUT2D eigenvalue weighted by molar-refractivity contribution is -0.137. The van der Waals surface area contributed by atoms with Crippen LogP contribution in [0.3, 0.4) is 0 Å². The molecule has 150 valence electrons. The van der Waals surface area contributed by atoms with Crippen molar-refractivity contribution in [3.05, 3.63) is 53.1 Å². The van der Waals surface area contributed by atoms with E-state index < -0.39 is 24.3 Å². The van der Waals surface area contributed by atoms with Gasteiger partial charge in [-0.25, -0.2) is 0 Å². The number of aryl methyl sites for hydroxylation is 1. The molecule has 28 heavy (non-hydrogen) atoms. The van der Waals surface area contributed by atoms with Crippen LogP contribution in [0.5, 0.6) is 11.5 Å². The van der Waals surface area contributed by atoms with Gasteiger partial charge in [0.05, 0.1) is 12.7 Å². The molecule has 1 aliphatic rings. The molecule has 0 saturated heterocycles. The maximum Gasteiger partial charge on any atom is 0.416 e. The standard InChI is InChI=1S/C19H16F5NO3/c1-27-16-10-12(4-7-15(16)28-18(20)21)17(26)25-8-2-3-11-9-13(19(22,23)24)5-6-14(11)25/h4-7,9-10,18H,2-3,8H2,1H3. The normalized spacial score (nSPS) is 14.0. The van der Waals surface area contributed by atoms with Crippen LogP contribution in [0.1, 0.15) is 27.9 Å². The molecule has 0 aromatic heterocycles. The van der Waals surface area contributed by atoms with Crippen LogP contribution in [-0.4, -0.2) is 26.2 Å². The Bertz CT molecular complexity index is 882. The van der Waals surface area contributed by atoms with Crippen LogP contribution in [0, 0.1) is 0 Å². The summed E-state index contributed by atoms with van der Waals surface area (Å²) in [4.78, 5) is 14.3. The number of anilines is 1. The molecule has 0 fully saturated rings. The summed E-state index contributed by atoms with van der Waals surface area (Å²) >= 11 is 0. The molecule has 0 spiro atoms. The minimum absolute atomic E-state index is 0.0456. The predicted octanol–water partition coefficient (Wildman–Crippen LogP) is 4.91. The number of alkyl halides is 5. The molecule has 1 heterocycles. The van der Waals surface area contributed by atoms with E-state index in [1.165, 1.54) is 36.3 Å². The second-order valence-corrected chi connectivity index (χ2v) is 6.15. The molecular formula is C19H16F5NO3. The van der Waals surface area contributed by atoms with Gasteiger partial charge >= 0.3 is 12.8 Å². The summed E-state index contributed by atoms with van der Waals surface area (Å²) in [5.74, 6) is -0.735. The summed E-state index contributed by atoms with van der Waals surface area (Å²) in [6, 6.07) is 7.02. The maximum absolute atomic E-state index is 12.9. The molecule has 0 aliphatic carbocycles. The Kier molecular flexibility index (Phi) is 5.44. The summed E-state index contributed by atoms with van der Waals surface area (Å²) in [5, 5.41) is 0. The van der Waals surface area contributed by atoms with Crippen molar-refractivity contribution in [1.29, 1.82) is 0 Å². The van der Waals surface area contributed by atoms with E-state index in [0.717, 1.165) is 12.1 Å². The lowest BCUT2D eigenvalue weighted by Gasteiger charge is -2.30. The Labute approximate surface area is 157 Å². The lowest BCUT2D eigenvalue weighted by atomic mass is 9.98. The molecule has 0 unspecified atom stereocenters. The number of halogens is 5. The molecule has 0 N–H and O–H groups in total. The Hall–Kier alpha value is -2.84. The smallest absolute Gasteiger partial charge is 0.416 e. The zero-order valence-electron chi connectivity index (χ0n) is 14.7. The van der Waals surface area contributed by atoms with Crippen molar-refractivity contribution in [2.75, 3.05) is 18.6 Å². The highest BCUT2D eigenvalue weighted by Gasteiger charge is 2.33. The number of amides is 1. The van der Waals surface area contributed by atoms with E-state index in [-0.39, 0.29) is 17.1 Å². The molecule has 9 heteroatoms. The van der Waals surface area contributed by atoms with E-state index in [1.807, 2.05) is 0 Å². The fraction of sp³-hybridized carbons (Fsp3) is 0.316. The van der Waals surface area contributed by atoms with Crippen molar-refractivity contribution < 1.29 is 36.2 Å². The van der Waals surface area contributed by atoms with Crippen LogP contribution in [-0.2, 0) is 12.6 Å². The maximum atomic E-state index is 12.9. The van der Waals surface area contributed by atoms with Crippen LogP contribution >= 0.6 is 0 Å². The number of fused-ring (bicyclic) bond motifs is 1. The number of benzene rings is 2. The van der Waals surface area contributed by atoms with Crippen molar-refractivity contribution in [3.63, 3.8) is 0 Å². The molecular weight excluding hydrogens is 385 g/mol. The number of hydrogen-bond acceptors (Lipinski definition) is 3. The van der Waals surface area contributed by atoms with Crippen molar-refractivity contribution in [3.8, 4) is 11.5 Å². The minimum atomic E-state index is -4.46. The minimum Gasteiger partial charge on any atom is -0.493 e. The Morgan fingerprint density at radius 2 is 1.86 bits per heavy atom. The van der Waals surface area contributed by atoms with E-state index >= 15 is 0 Å². The third-order valence-corrected chi connectivity index (χ3v) is 4.40. The summed E-state index contributed by atoms with van der Waals surface area (Å²) in [6.07, 6.45) is -3.54. The van der Waals surface area contributed by atoms with Crippen LogP contribution in [0.15, 0.2) is 36.4 Å². The van der Waals surface area contributed by atoms with E-state index in [2.05, 4.69) is 4.74 Å². The first-order valence-corrected chi connectivity index (χ1v) is 8.35. The number of ether oxygens (including phenoxy) is 2. The van der Waals surface area contributed by atoms with Gasteiger partial charge in [0, 0.05) is 17.8 Å². The van der Waals surface area contributed by atoms with Gasteiger partial charge in [-0.05, 0) is 54.8 Å². The van der Waals surface area contributed by atoms with E-state index in [0.29, 0.717) is 30.6 Å². The summed E-state index contributed by atoms with van der Waals surface area (Å²) < 4.78 is 73.0. The summed E-state index contributed by atoms with van der Waals surface area (Å²) in [5.41, 5.74) is 0.206. The van der Waals surface area contributed by atoms with Crippen molar-refractivity contribution in [2.24, 2.45) is 0 Å². The number of carbonyl (C=O) groups excluding carboxylic acids is 1. The van der Waals surface area contributed by atoms with Gasteiger partial charge in [0.1, 0.15) is 0 Å². The second kappa shape index (κ2) is 7.65. The Morgan fingerprint density at radius 3 is 2.50 bits per heavy atom. The molecule has 2 aromatic rings. The van der Waals surface area contributed by atoms with Gasteiger partial charge in [0.15, 0.2) is 11.5 Å². The third-order valence-electron chi connectivity index (χ3n) is 4.40. The van der Waals surface area contributed by atoms with Gasteiger partial charge in [0.25, 0.3) is 5.91 Å². The van der Waals surface area contributed by atoms with Gasteiger partial charge in [-0.2, -0.15) is 22.0 Å². The van der Waals surface area contributed by atoms with Crippen LogP contribution < -0.4 is 14.4 Å². The molecule has 3 rings (SSSR count). The SMILES string of the molecule is COc1cc(C(=O)N2CCCc3cc(C(F)(F)F)ccc32)ccc1OC(F)F. The van der Waals surface area contributed by atoms with Crippen LogP contribution in [0.4, 0.5) is 27.6 Å². The topological polar surface area (TPSA) is 38.8 Å². The number of carbonyl (C=O) groups is 1. The first kappa shape index (κ1) is 19.9. The van der Waals surface area contributed by atoms with Gasteiger partial charge in [-0.15, -0.1) is 0 Å². The van der Waals surface area contributed by atoms with E-state index in [1.54, 1.807) is 0 Å². The zero-order chi connectivity index (χ0) is 20.5. The molecule has 1 aliphatic heterocycles. The van der Waals surface area contributed by atoms with E-state index in [4.69, 9.17) is 4.74 Å². The van der Waals surface area contributed by atoms with Gasteiger partial charge in [-0.3, -0.25) is 4.79 Å². The van der Waals surface area contributed by atoms with Gasteiger partial charge < -0.3 is 14.4 Å². The third kappa shape index (κ3) is 4.02. The van der Waals surface area contributed by atoms with Crippen molar-refractivity contribution in [1.82, 2.24) is 0 Å². The van der Waals surface area contributed by atoms with Gasteiger partial charge in [0.2, 0.25) is 0 Å². The Balaban J connectivity index is 1.92. The number of nitrogens with zero attached hydrogens (tertiary/aromatic N) is 1. The molecule has 0 bridgehead atoms. The molecule has 0 atom stereocenters. The molecule has 1 amide bonds. The number of rotatable bonds is 4. The number of methoxy groups -OCH3 is 1.